The van der Waals surface area contributed by atoms with Crippen LogP contribution in [0.5, 0.6) is 0 Å². The Morgan fingerprint density at radius 1 is 1.24 bits per heavy atom. The molecule has 4 rings (SSSR count). The zero-order valence-corrected chi connectivity index (χ0v) is 14.5. The number of nitrogens with zero attached hydrogens (tertiary/aromatic N) is 1. The first-order valence-corrected chi connectivity index (χ1v) is 8.67. The first kappa shape index (κ1) is 16.3. The van der Waals surface area contributed by atoms with Gasteiger partial charge in [0.05, 0.1) is 12.1 Å². The minimum Gasteiger partial charge on any atom is -0.422 e. The molecule has 1 aromatic heterocycles. The summed E-state index contributed by atoms with van der Waals surface area (Å²) in [5.74, 6) is -0.0554. The summed E-state index contributed by atoms with van der Waals surface area (Å²) in [6, 6.07) is 5.70. The van der Waals surface area contributed by atoms with Gasteiger partial charge in [-0.1, -0.05) is 6.07 Å². The molecule has 6 heteroatoms. The first-order chi connectivity index (χ1) is 12.0. The van der Waals surface area contributed by atoms with E-state index in [1.165, 1.54) is 0 Å². The van der Waals surface area contributed by atoms with Crippen molar-refractivity contribution in [1.29, 1.82) is 0 Å². The number of piperidine rings is 1. The van der Waals surface area contributed by atoms with E-state index >= 15 is 0 Å². The van der Waals surface area contributed by atoms with Crippen LogP contribution < -0.4 is 10.9 Å². The van der Waals surface area contributed by atoms with Crippen molar-refractivity contribution in [3.8, 4) is 0 Å². The van der Waals surface area contributed by atoms with Gasteiger partial charge in [-0.2, -0.15) is 0 Å². The van der Waals surface area contributed by atoms with Crippen molar-refractivity contribution in [2.45, 2.75) is 39.0 Å². The van der Waals surface area contributed by atoms with E-state index in [0.29, 0.717) is 12.1 Å². The van der Waals surface area contributed by atoms with Crippen LogP contribution in [-0.2, 0) is 16.1 Å². The number of likely N-dealkylation sites (tertiary alicyclic amines) is 1. The zero-order valence-electron chi connectivity index (χ0n) is 14.5. The molecular weight excluding hydrogens is 320 g/mol. The predicted octanol–water partition coefficient (Wildman–Crippen LogP) is 1.50. The summed E-state index contributed by atoms with van der Waals surface area (Å²) in [6.07, 6.45) is 0.971. The highest BCUT2D eigenvalue weighted by molar-refractivity contribution is 5.83. The number of rotatable bonds is 2. The van der Waals surface area contributed by atoms with Gasteiger partial charge in [0, 0.05) is 31.1 Å². The number of aryl methyl sites for hydroxylation is 2. The van der Waals surface area contributed by atoms with E-state index in [1.807, 2.05) is 19.9 Å². The van der Waals surface area contributed by atoms with E-state index in [9.17, 15) is 9.59 Å². The molecule has 1 aromatic carbocycles. The molecule has 2 aliphatic rings. The number of ether oxygens (including phenoxy) is 1. The maximum Gasteiger partial charge on any atom is 0.336 e. The molecular formula is C19H22N2O4. The highest BCUT2D eigenvalue weighted by atomic mass is 16.5. The highest BCUT2D eigenvalue weighted by Gasteiger charge is 2.34. The Kier molecular flexibility index (Phi) is 4.09. The van der Waals surface area contributed by atoms with Crippen LogP contribution in [0, 0.1) is 13.8 Å². The van der Waals surface area contributed by atoms with Crippen LogP contribution in [0.1, 0.15) is 23.1 Å². The fourth-order valence-electron chi connectivity index (χ4n) is 3.96. The third kappa shape index (κ3) is 3.19. The van der Waals surface area contributed by atoms with E-state index in [-0.39, 0.29) is 30.3 Å². The Balaban J connectivity index is 1.62. The zero-order chi connectivity index (χ0) is 17.6. The average Bonchev–Trinajstić information content (AvgIpc) is 2.55. The molecule has 132 valence electrons. The molecule has 0 unspecified atom stereocenters. The van der Waals surface area contributed by atoms with Gasteiger partial charge in [-0.25, -0.2) is 4.79 Å². The third-order valence-corrected chi connectivity index (χ3v) is 5.06. The summed E-state index contributed by atoms with van der Waals surface area (Å²) in [6.45, 7) is 6.42. The molecule has 1 amide bonds. The summed E-state index contributed by atoms with van der Waals surface area (Å²) >= 11 is 0. The summed E-state index contributed by atoms with van der Waals surface area (Å²) in [4.78, 5) is 25.8. The monoisotopic (exact) mass is 342 g/mol. The van der Waals surface area contributed by atoms with Gasteiger partial charge < -0.3 is 14.5 Å². The minimum atomic E-state index is -0.321. The van der Waals surface area contributed by atoms with E-state index in [1.54, 1.807) is 6.07 Å². The average molecular weight is 342 g/mol. The lowest BCUT2D eigenvalue weighted by molar-refractivity contribution is -0.140. The second kappa shape index (κ2) is 6.28. The van der Waals surface area contributed by atoms with E-state index < -0.39 is 0 Å². The standard InChI is InChI=1S/C19H22N2O4/c1-11-5-12(2)19-14(6-11)13(7-18(23)25-19)8-21-4-3-16-15(9-21)20-17(22)10-24-16/h5-7,15-16H,3-4,8-10H2,1-2H3,(H,20,22)/t15-,16+/m0/s1. The summed E-state index contributed by atoms with van der Waals surface area (Å²) in [5, 5.41) is 4.00. The fraction of sp³-hybridized carbons (Fsp3) is 0.474. The van der Waals surface area contributed by atoms with Crippen LogP contribution in [0.15, 0.2) is 27.4 Å². The number of amides is 1. The number of hydrogen-bond acceptors (Lipinski definition) is 5. The number of hydrogen-bond donors (Lipinski definition) is 1. The van der Waals surface area contributed by atoms with Crippen molar-refractivity contribution in [1.82, 2.24) is 10.2 Å². The van der Waals surface area contributed by atoms with Gasteiger partial charge in [-0.05, 0) is 43.0 Å². The van der Waals surface area contributed by atoms with Gasteiger partial charge >= 0.3 is 5.63 Å². The SMILES string of the molecule is Cc1cc(C)c2oc(=O)cc(CN3CC[C@H]4OCC(=O)N[C@H]4C3)c2c1. The van der Waals surface area contributed by atoms with Crippen molar-refractivity contribution in [2.75, 3.05) is 19.7 Å². The lowest BCUT2D eigenvalue weighted by Crippen LogP contribution is -2.60. The lowest BCUT2D eigenvalue weighted by atomic mass is 9.98. The second-order valence-corrected chi connectivity index (χ2v) is 7.10. The van der Waals surface area contributed by atoms with Gasteiger partial charge in [0.25, 0.3) is 0 Å². The van der Waals surface area contributed by atoms with Crippen LogP contribution in [-0.4, -0.2) is 42.6 Å². The Labute approximate surface area is 145 Å². The van der Waals surface area contributed by atoms with Crippen LogP contribution >= 0.6 is 0 Å². The summed E-state index contributed by atoms with van der Waals surface area (Å²) in [7, 11) is 0. The van der Waals surface area contributed by atoms with Crippen molar-refractivity contribution in [2.24, 2.45) is 0 Å². The van der Waals surface area contributed by atoms with Crippen molar-refractivity contribution < 1.29 is 13.9 Å². The summed E-state index contributed by atoms with van der Waals surface area (Å²) in [5.41, 5.74) is 3.43. The van der Waals surface area contributed by atoms with Crippen LogP contribution in [0.2, 0.25) is 0 Å². The quantitative estimate of drug-likeness (QED) is 0.838. The van der Waals surface area contributed by atoms with Crippen LogP contribution in [0.25, 0.3) is 11.0 Å². The van der Waals surface area contributed by atoms with Gasteiger partial charge in [-0.3, -0.25) is 9.69 Å². The smallest absolute Gasteiger partial charge is 0.336 e. The van der Waals surface area contributed by atoms with Crippen molar-refractivity contribution >= 4 is 16.9 Å². The second-order valence-electron chi connectivity index (χ2n) is 7.10. The maximum absolute atomic E-state index is 12.0. The lowest BCUT2D eigenvalue weighted by Gasteiger charge is -2.41. The van der Waals surface area contributed by atoms with E-state index in [2.05, 4.69) is 16.3 Å². The normalized spacial score (nSPS) is 24.2. The molecule has 2 aliphatic heterocycles. The molecule has 0 spiro atoms. The van der Waals surface area contributed by atoms with Crippen LogP contribution in [0.3, 0.4) is 0 Å². The molecule has 0 saturated carbocycles. The van der Waals surface area contributed by atoms with E-state index in [4.69, 9.17) is 9.15 Å². The number of nitrogens with one attached hydrogen (secondary N) is 1. The molecule has 2 aromatic rings. The van der Waals surface area contributed by atoms with Gasteiger partial charge in [-0.15, -0.1) is 0 Å². The predicted molar refractivity (Wildman–Crippen MR) is 93.5 cm³/mol. The molecule has 2 atom stereocenters. The first-order valence-electron chi connectivity index (χ1n) is 8.67. The molecule has 25 heavy (non-hydrogen) atoms. The maximum atomic E-state index is 12.0. The Morgan fingerprint density at radius 3 is 2.92 bits per heavy atom. The molecule has 6 nitrogen and oxygen atoms in total. The third-order valence-electron chi connectivity index (χ3n) is 5.06. The number of fused-ring (bicyclic) bond motifs is 2. The molecule has 1 N–H and O–H groups in total. The van der Waals surface area contributed by atoms with Gasteiger partial charge in [0.15, 0.2) is 0 Å². The molecule has 2 saturated heterocycles. The molecule has 0 radical (unpaired) electrons. The minimum absolute atomic E-state index is 0.0184. The van der Waals surface area contributed by atoms with Gasteiger partial charge in [0.2, 0.25) is 5.91 Å². The van der Waals surface area contributed by atoms with E-state index in [0.717, 1.165) is 41.6 Å². The summed E-state index contributed by atoms with van der Waals surface area (Å²) < 4.78 is 11.0. The molecule has 0 aliphatic carbocycles. The van der Waals surface area contributed by atoms with Crippen molar-refractivity contribution in [3.63, 3.8) is 0 Å². The largest absolute Gasteiger partial charge is 0.422 e. The topological polar surface area (TPSA) is 71.8 Å². The molecule has 3 heterocycles. The van der Waals surface area contributed by atoms with Crippen molar-refractivity contribution in [3.05, 3.63) is 45.3 Å². The number of carbonyl (C=O) groups is 1. The molecule has 2 fully saturated rings. The Morgan fingerprint density at radius 2 is 2.08 bits per heavy atom. The number of carbonyl (C=O) groups excluding carboxylic acids is 1. The van der Waals surface area contributed by atoms with Gasteiger partial charge in [0.1, 0.15) is 12.2 Å². The number of benzene rings is 1. The Hall–Kier alpha value is -2.18. The Bertz CT molecular complexity index is 889. The molecule has 0 bridgehead atoms. The number of morpholine rings is 1. The highest BCUT2D eigenvalue weighted by Crippen LogP contribution is 2.25. The fourth-order valence-corrected chi connectivity index (χ4v) is 3.96. The van der Waals surface area contributed by atoms with Crippen LogP contribution in [0.4, 0.5) is 0 Å².